The zero-order chi connectivity index (χ0) is 25.5. The molecule has 7 nitrogen and oxygen atoms in total. The van der Waals surface area contributed by atoms with Gasteiger partial charge in [0.1, 0.15) is 11.9 Å². The first-order valence-corrected chi connectivity index (χ1v) is 13.0. The molecule has 0 radical (unpaired) electrons. The van der Waals surface area contributed by atoms with Crippen molar-refractivity contribution in [1.29, 1.82) is 0 Å². The first-order chi connectivity index (χ1) is 16.5. The SMILES string of the molecule is CC1(CC(=O)O)OC(c2cccc(Cl)c2)C(c2ccc(Cl)c(F)c2)N(C(CS(=O)O)C2CC2)C1=O. The molecule has 0 spiro atoms. The van der Waals surface area contributed by atoms with Crippen LogP contribution in [0.5, 0.6) is 0 Å². The van der Waals surface area contributed by atoms with Crippen LogP contribution in [0.3, 0.4) is 0 Å². The lowest BCUT2D eigenvalue weighted by atomic mass is 9.85. The summed E-state index contributed by atoms with van der Waals surface area (Å²) in [5, 5.41) is 9.86. The number of aliphatic carboxylic acids is 1. The Bertz CT molecular complexity index is 1180. The van der Waals surface area contributed by atoms with Crippen LogP contribution in [0.2, 0.25) is 10.0 Å². The Morgan fingerprint density at radius 1 is 1.26 bits per heavy atom. The maximum atomic E-state index is 14.6. The number of amides is 1. The van der Waals surface area contributed by atoms with Crippen molar-refractivity contribution >= 4 is 46.2 Å². The minimum atomic E-state index is -2.23. The Kier molecular flexibility index (Phi) is 7.54. The van der Waals surface area contributed by atoms with Gasteiger partial charge in [0.15, 0.2) is 16.7 Å². The van der Waals surface area contributed by atoms with E-state index in [9.17, 15) is 27.8 Å². The molecule has 0 aromatic heterocycles. The topological polar surface area (TPSA) is 104 Å². The Morgan fingerprint density at radius 3 is 2.54 bits per heavy atom. The van der Waals surface area contributed by atoms with Crippen molar-refractivity contribution in [3.63, 3.8) is 0 Å². The summed E-state index contributed by atoms with van der Waals surface area (Å²) in [6.45, 7) is 1.40. The van der Waals surface area contributed by atoms with Gasteiger partial charge in [-0.25, -0.2) is 8.60 Å². The maximum Gasteiger partial charge on any atom is 0.306 e. The van der Waals surface area contributed by atoms with Crippen molar-refractivity contribution in [3.8, 4) is 0 Å². The van der Waals surface area contributed by atoms with E-state index in [1.807, 2.05) is 0 Å². The van der Waals surface area contributed by atoms with E-state index in [1.54, 1.807) is 30.3 Å². The third-order valence-corrected chi connectivity index (χ3v) is 7.62. The predicted molar refractivity (Wildman–Crippen MR) is 129 cm³/mol. The minimum Gasteiger partial charge on any atom is -0.481 e. The number of hydrogen-bond donors (Lipinski definition) is 2. The van der Waals surface area contributed by atoms with Gasteiger partial charge in [-0.05, 0) is 61.1 Å². The molecule has 11 heteroatoms. The highest BCUT2D eigenvalue weighted by Gasteiger charge is 2.55. The lowest BCUT2D eigenvalue weighted by Gasteiger charge is -2.51. The number of rotatable bonds is 8. The standard InChI is InChI=1S/C24H24Cl2FNO6S/c1-24(11-20(29)30)23(31)28(19(12-35(32)33)13-5-6-13)21(14-7-8-17(26)18(27)10-14)22(34-24)15-3-2-4-16(25)9-15/h2-4,7-10,13,19,21-22H,5-6,11-12H2,1H3,(H,29,30)(H,32,33). The van der Waals surface area contributed by atoms with E-state index >= 15 is 0 Å². The molecule has 35 heavy (non-hydrogen) atoms. The molecule has 2 aromatic carbocycles. The second-order valence-electron chi connectivity index (χ2n) is 9.12. The van der Waals surface area contributed by atoms with Crippen LogP contribution in [0.1, 0.15) is 49.5 Å². The summed E-state index contributed by atoms with van der Waals surface area (Å²) < 4.78 is 42.5. The summed E-state index contributed by atoms with van der Waals surface area (Å²) in [5.41, 5.74) is -0.867. The van der Waals surface area contributed by atoms with E-state index in [4.69, 9.17) is 27.9 Å². The van der Waals surface area contributed by atoms with E-state index in [-0.39, 0.29) is 16.7 Å². The molecule has 2 aromatic rings. The lowest BCUT2D eigenvalue weighted by molar-refractivity contribution is -0.206. The van der Waals surface area contributed by atoms with Gasteiger partial charge in [-0.15, -0.1) is 0 Å². The number of carboxylic acid groups (broad SMARTS) is 1. The van der Waals surface area contributed by atoms with E-state index in [2.05, 4.69) is 0 Å². The number of carboxylic acids is 1. The summed E-state index contributed by atoms with van der Waals surface area (Å²) >= 11 is 9.91. The average molecular weight is 544 g/mol. The van der Waals surface area contributed by atoms with Crippen LogP contribution in [0.15, 0.2) is 42.5 Å². The van der Waals surface area contributed by atoms with Gasteiger partial charge < -0.3 is 19.3 Å². The second-order valence-corrected chi connectivity index (χ2v) is 10.9. The highest BCUT2D eigenvalue weighted by Crippen LogP contribution is 2.50. The van der Waals surface area contributed by atoms with Crippen molar-refractivity contribution < 1.29 is 32.6 Å². The fourth-order valence-corrected chi connectivity index (χ4v) is 5.78. The zero-order valence-electron chi connectivity index (χ0n) is 18.7. The molecule has 4 rings (SSSR count). The van der Waals surface area contributed by atoms with Crippen LogP contribution in [0, 0.1) is 11.7 Å². The number of ether oxygens (including phenoxy) is 1. The van der Waals surface area contributed by atoms with Crippen LogP contribution >= 0.6 is 23.2 Å². The number of morpholine rings is 1. The van der Waals surface area contributed by atoms with Gasteiger partial charge in [-0.1, -0.05) is 41.4 Å². The van der Waals surface area contributed by atoms with E-state index in [0.717, 1.165) is 12.8 Å². The number of carbonyl (C=O) groups excluding carboxylic acids is 1. The normalized spacial score (nSPS) is 26.4. The highest BCUT2D eigenvalue weighted by molar-refractivity contribution is 7.79. The van der Waals surface area contributed by atoms with E-state index in [0.29, 0.717) is 16.1 Å². The Morgan fingerprint density at radius 2 is 1.97 bits per heavy atom. The molecule has 2 fully saturated rings. The molecule has 2 aliphatic rings. The summed E-state index contributed by atoms with van der Waals surface area (Å²) in [6.07, 6.45) is -0.0809. The van der Waals surface area contributed by atoms with Crippen molar-refractivity contribution in [2.24, 2.45) is 5.92 Å². The van der Waals surface area contributed by atoms with Crippen molar-refractivity contribution in [2.75, 3.05) is 5.75 Å². The zero-order valence-corrected chi connectivity index (χ0v) is 21.0. The van der Waals surface area contributed by atoms with Crippen molar-refractivity contribution in [1.82, 2.24) is 4.90 Å². The molecule has 1 saturated carbocycles. The van der Waals surface area contributed by atoms with Crippen LogP contribution in [0.4, 0.5) is 4.39 Å². The lowest BCUT2D eigenvalue weighted by Crippen LogP contribution is -2.62. The first-order valence-electron chi connectivity index (χ1n) is 11.0. The quantitative estimate of drug-likeness (QED) is 0.453. The molecule has 188 valence electrons. The molecule has 1 amide bonds. The third-order valence-electron chi connectivity index (χ3n) is 6.45. The van der Waals surface area contributed by atoms with Crippen LogP contribution < -0.4 is 0 Å². The maximum absolute atomic E-state index is 14.6. The van der Waals surface area contributed by atoms with Gasteiger partial charge in [0, 0.05) is 11.1 Å². The largest absolute Gasteiger partial charge is 0.481 e. The average Bonchev–Trinajstić information content (AvgIpc) is 3.61. The number of nitrogens with zero attached hydrogens (tertiary/aromatic N) is 1. The van der Waals surface area contributed by atoms with Gasteiger partial charge >= 0.3 is 5.97 Å². The molecule has 1 heterocycles. The first kappa shape index (κ1) is 26.0. The number of carbonyl (C=O) groups is 2. The van der Waals surface area contributed by atoms with Crippen molar-refractivity contribution in [2.45, 2.75) is 50.0 Å². The summed E-state index contributed by atoms with van der Waals surface area (Å²) in [4.78, 5) is 27.1. The number of halogens is 3. The number of benzene rings is 2. The molecule has 5 unspecified atom stereocenters. The Hall–Kier alpha value is -2.04. The molecule has 1 saturated heterocycles. The van der Waals surface area contributed by atoms with Gasteiger partial charge in [0.25, 0.3) is 5.91 Å². The van der Waals surface area contributed by atoms with Gasteiger partial charge in [0.05, 0.1) is 23.2 Å². The fourth-order valence-electron chi connectivity index (χ4n) is 4.74. The predicted octanol–water partition coefficient (Wildman–Crippen LogP) is 5.01. The highest BCUT2D eigenvalue weighted by atomic mass is 35.5. The smallest absolute Gasteiger partial charge is 0.306 e. The number of hydrogen-bond acceptors (Lipinski definition) is 4. The van der Waals surface area contributed by atoms with Crippen LogP contribution in [0.25, 0.3) is 0 Å². The molecular weight excluding hydrogens is 520 g/mol. The molecule has 0 bridgehead atoms. The molecular formula is C24H24Cl2FNO6S. The van der Waals surface area contributed by atoms with E-state index in [1.165, 1.54) is 24.0 Å². The summed E-state index contributed by atoms with van der Waals surface area (Å²) in [5.74, 6) is -2.86. The van der Waals surface area contributed by atoms with Crippen LogP contribution in [-0.2, 0) is 25.4 Å². The molecule has 1 aliphatic carbocycles. The van der Waals surface area contributed by atoms with E-state index < -0.39 is 59.0 Å². The third kappa shape index (κ3) is 5.54. The Labute approximate surface area is 214 Å². The molecule has 2 N–H and O–H groups in total. The summed E-state index contributed by atoms with van der Waals surface area (Å²) in [6, 6.07) is 9.23. The van der Waals surface area contributed by atoms with Gasteiger partial charge in [-0.2, -0.15) is 0 Å². The Balaban J connectivity index is 1.94. The monoisotopic (exact) mass is 543 g/mol. The van der Waals surface area contributed by atoms with Gasteiger partial charge in [0.2, 0.25) is 0 Å². The van der Waals surface area contributed by atoms with Crippen LogP contribution in [-0.4, -0.2) is 48.0 Å². The molecule has 1 aliphatic heterocycles. The molecule has 5 atom stereocenters. The van der Waals surface area contributed by atoms with Crippen molar-refractivity contribution in [3.05, 3.63) is 69.5 Å². The van der Waals surface area contributed by atoms with Gasteiger partial charge in [-0.3, -0.25) is 9.59 Å². The second kappa shape index (κ2) is 10.1. The summed E-state index contributed by atoms with van der Waals surface area (Å²) in [7, 11) is 0. The fraction of sp³-hybridized carbons (Fsp3) is 0.417. The minimum absolute atomic E-state index is 0.0538.